The number of alkyl halides is 1. The molecule has 74 valence electrons. The molecule has 2 heteroatoms. The summed E-state index contributed by atoms with van der Waals surface area (Å²) in [6, 6.07) is 6.12. The van der Waals surface area contributed by atoms with Crippen LogP contribution in [-0.2, 0) is 4.79 Å². The van der Waals surface area contributed by atoms with Crippen LogP contribution in [0.2, 0.25) is 0 Å². The molecular weight excluding hydrogens is 196 g/mol. The standard InChI is InChI=1S/C12H13ClO/c1-9-3-4-11(10(2)7-9)5-6-12(14)8-13/h3-7H,8H2,1-2H3/b6-5+. The van der Waals surface area contributed by atoms with Gasteiger partial charge in [-0.2, -0.15) is 0 Å². The molecule has 0 saturated carbocycles. The zero-order valence-corrected chi connectivity index (χ0v) is 9.14. The van der Waals surface area contributed by atoms with Crippen LogP contribution in [0.25, 0.3) is 6.08 Å². The smallest absolute Gasteiger partial charge is 0.170 e. The molecule has 0 aliphatic heterocycles. The monoisotopic (exact) mass is 208 g/mol. The van der Waals surface area contributed by atoms with Gasteiger partial charge in [-0.3, -0.25) is 4.79 Å². The minimum Gasteiger partial charge on any atom is -0.294 e. The second kappa shape index (κ2) is 4.97. The second-order valence-corrected chi connectivity index (χ2v) is 3.56. The minimum absolute atomic E-state index is 0.0431. The Balaban J connectivity index is 2.87. The van der Waals surface area contributed by atoms with Crippen molar-refractivity contribution in [2.45, 2.75) is 13.8 Å². The SMILES string of the molecule is Cc1ccc(/C=C/C(=O)CCl)c(C)c1. The number of benzene rings is 1. The lowest BCUT2D eigenvalue weighted by molar-refractivity contribution is -0.112. The van der Waals surface area contributed by atoms with Gasteiger partial charge in [0.15, 0.2) is 5.78 Å². The Hall–Kier alpha value is -1.08. The third-order valence-corrected chi connectivity index (χ3v) is 2.27. The summed E-state index contributed by atoms with van der Waals surface area (Å²) in [4.78, 5) is 10.9. The quantitative estimate of drug-likeness (QED) is 0.551. The molecule has 0 unspecified atom stereocenters. The molecule has 0 saturated heterocycles. The van der Waals surface area contributed by atoms with Crippen LogP contribution in [0.5, 0.6) is 0 Å². The number of allylic oxidation sites excluding steroid dienone is 1. The van der Waals surface area contributed by atoms with Crippen LogP contribution in [-0.4, -0.2) is 11.7 Å². The Morgan fingerprint density at radius 2 is 2.14 bits per heavy atom. The Morgan fingerprint density at radius 3 is 2.71 bits per heavy atom. The lowest BCUT2D eigenvalue weighted by atomic mass is 10.1. The molecule has 1 aromatic rings. The van der Waals surface area contributed by atoms with Crippen molar-refractivity contribution in [3.05, 3.63) is 41.0 Å². The number of carbonyl (C=O) groups is 1. The van der Waals surface area contributed by atoms with Gasteiger partial charge >= 0.3 is 0 Å². The normalized spacial score (nSPS) is 10.8. The molecule has 1 nitrogen and oxygen atoms in total. The molecule has 1 rings (SSSR count). The summed E-state index contributed by atoms with van der Waals surface area (Å²) in [5.74, 6) is -0.0202. The van der Waals surface area contributed by atoms with Crippen LogP contribution in [0.3, 0.4) is 0 Å². The minimum atomic E-state index is -0.0633. The Morgan fingerprint density at radius 1 is 1.43 bits per heavy atom. The maximum absolute atomic E-state index is 10.9. The Labute approximate surface area is 89.4 Å². The van der Waals surface area contributed by atoms with E-state index < -0.39 is 0 Å². The van der Waals surface area contributed by atoms with E-state index in [1.54, 1.807) is 6.08 Å². The van der Waals surface area contributed by atoms with E-state index in [9.17, 15) is 4.79 Å². The van der Waals surface area contributed by atoms with Gasteiger partial charge in [-0.15, -0.1) is 11.6 Å². The molecule has 0 aliphatic rings. The van der Waals surface area contributed by atoms with Gasteiger partial charge in [0.1, 0.15) is 0 Å². The topological polar surface area (TPSA) is 17.1 Å². The summed E-state index contributed by atoms with van der Waals surface area (Å²) >= 11 is 5.38. The number of ketones is 1. The Bertz CT molecular complexity index is 367. The van der Waals surface area contributed by atoms with Crippen molar-refractivity contribution in [3.8, 4) is 0 Å². The van der Waals surface area contributed by atoms with Crippen molar-refractivity contribution in [1.82, 2.24) is 0 Å². The molecule has 0 N–H and O–H groups in total. The van der Waals surface area contributed by atoms with Gasteiger partial charge in [-0.05, 0) is 31.1 Å². The van der Waals surface area contributed by atoms with Crippen LogP contribution < -0.4 is 0 Å². The van der Waals surface area contributed by atoms with Gasteiger partial charge in [-0.1, -0.05) is 29.8 Å². The molecule has 0 atom stereocenters. The number of carbonyl (C=O) groups excluding carboxylic acids is 1. The summed E-state index contributed by atoms with van der Waals surface area (Å²) in [6.45, 7) is 4.07. The third kappa shape index (κ3) is 3.00. The predicted molar refractivity (Wildman–Crippen MR) is 60.7 cm³/mol. The van der Waals surface area contributed by atoms with Crippen molar-refractivity contribution in [3.63, 3.8) is 0 Å². The predicted octanol–water partition coefficient (Wildman–Crippen LogP) is 3.12. The molecule has 0 fully saturated rings. The fourth-order valence-corrected chi connectivity index (χ4v) is 1.33. The van der Waals surface area contributed by atoms with Crippen molar-refractivity contribution >= 4 is 23.5 Å². The fraction of sp³-hybridized carbons (Fsp3) is 0.250. The van der Waals surface area contributed by atoms with E-state index in [1.165, 1.54) is 17.2 Å². The molecule has 0 aliphatic carbocycles. The molecule has 0 spiro atoms. The van der Waals surface area contributed by atoms with Crippen molar-refractivity contribution in [2.75, 3.05) is 5.88 Å². The zero-order valence-electron chi connectivity index (χ0n) is 8.38. The summed E-state index contributed by atoms with van der Waals surface area (Å²) in [5, 5.41) is 0. The van der Waals surface area contributed by atoms with Crippen LogP contribution >= 0.6 is 11.6 Å². The number of hydrogen-bond acceptors (Lipinski definition) is 1. The van der Waals surface area contributed by atoms with E-state index >= 15 is 0 Å². The number of hydrogen-bond donors (Lipinski definition) is 0. The molecule has 0 radical (unpaired) electrons. The maximum atomic E-state index is 10.9. The van der Waals surface area contributed by atoms with Gasteiger partial charge in [0, 0.05) is 0 Å². The first-order valence-corrected chi connectivity index (χ1v) is 5.01. The Kier molecular flexibility index (Phi) is 3.90. The van der Waals surface area contributed by atoms with Crippen molar-refractivity contribution in [2.24, 2.45) is 0 Å². The van der Waals surface area contributed by atoms with E-state index in [4.69, 9.17) is 11.6 Å². The summed E-state index contributed by atoms with van der Waals surface area (Å²) in [5.41, 5.74) is 3.46. The summed E-state index contributed by atoms with van der Waals surface area (Å²) in [7, 11) is 0. The molecule has 14 heavy (non-hydrogen) atoms. The zero-order chi connectivity index (χ0) is 10.6. The maximum Gasteiger partial charge on any atom is 0.170 e. The number of rotatable bonds is 3. The van der Waals surface area contributed by atoms with Gasteiger partial charge in [-0.25, -0.2) is 0 Å². The van der Waals surface area contributed by atoms with E-state index in [2.05, 4.69) is 6.07 Å². The lowest BCUT2D eigenvalue weighted by Crippen LogP contribution is -1.92. The van der Waals surface area contributed by atoms with Gasteiger partial charge < -0.3 is 0 Å². The first-order chi connectivity index (χ1) is 6.63. The second-order valence-electron chi connectivity index (χ2n) is 3.29. The summed E-state index contributed by atoms with van der Waals surface area (Å²) in [6.07, 6.45) is 3.32. The molecular formula is C12H13ClO. The number of aryl methyl sites for hydroxylation is 2. The van der Waals surface area contributed by atoms with Crippen LogP contribution in [0.4, 0.5) is 0 Å². The molecule has 0 amide bonds. The van der Waals surface area contributed by atoms with Gasteiger partial charge in [0.05, 0.1) is 5.88 Å². The highest BCUT2D eigenvalue weighted by Crippen LogP contribution is 2.11. The van der Waals surface area contributed by atoms with E-state index in [1.807, 2.05) is 26.0 Å². The van der Waals surface area contributed by atoms with Gasteiger partial charge in [0.25, 0.3) is 0 Å². The van der Waals surface area contributed by atoms with Crippen molar-refractivity contribution < 1.29 is 4.79 Å². The van der Waals surface area contributed by atoms with E-state index in [0.717, 1.165) is 5.56 Å². The summed E-state index contributed by atoms with van der Waals surface area (Å²) < 4.78 is 0. The van der Waals surface area contributed by atoms with Gasteiger partial charge in [0.2, 0.25) is 0 Å². The highest BCUT2D eigenvalue weighted by atomic mass is 35.5. The average molecular weight is 209 g/mol. The first-order valence-electron chi connectivity index (χ1n) is 4.47. The van der Waals surface area contributed by atoms with E-state index in [-0.39, 0.29) is 11.7 Å². The highest BCUT2D eigenvalue weighted by Gasteiger charge is 1.95. The van der Waals surface area contributed by atoms with Crippen LogP contribution in [0, 0.1) is 13.8 Å². The van der Waals surface area contributed by atoms with Crippen LogP contribution in [0.15, 0.2) is 24.3 Å². The fourth-order valence-electron chi connectivity index (χ4n) is 1.24. The first kappa shape index (κ1) is 11.0. The third-order valence-electron chi connectivity index (χ3n) is 2.01. The average Bonchev–Trinajstić information content (AvgIpc) is 2.16. The lowest BCUT2D eigenvalue weighted by Gasteiger charge is -2.00. The van der Waals surface area contributed by atoms with E-state index in [0.29, 0.717) is 0 Å². The molecule has 0 bridgehead atoms. The molecule has 0 aromatic heterocycles. The highest BCUT2D eigenvalue weighted by molar-refractivity contribution is 6.29. The molecule has 1 aromatic carbocycles. The largest absolute Gasteiger partial charge is 0.294 e. The van der Waals surface area contributed by atoms with Crippen LogP contribution in [0.1, 0.15) is 16.7 Å². The number of halogens is 1. The van der Waals surface area contributed by atoms with Crippen molar-refractivity contribution in [1.29, 1.82) is 0 Å². The molecule has 0 heterocycles.